The summed E-state index contributed by atoms with van der Waals surface area (Å²) in [6.45, 7) is 24.6. The summed E-state index contributed by atoms with van der Waals surface area (Å²) >= 11 is 0. The van der Waals surface area contributed by atoms with Crippen molar-refractivity contribution in [1.82, 2.24) is 69.4 Å². The predicted octanol–water partition coefficient (Wildman–Crippen LogP) is 12.5. The third-order valence-electron chi connectivity index (χ3n) is 26.9. The van der Waals surface area contributed by atoms with Crippen LogP contribution in [0.2, 0.25) is 0 Å². The highest BCUT2D eigenvalue weighted by Gasteiger charge is 2.38. The Morgan fingerprint density at radius 3 is 0.940 bits per heavy atom. The molecule has 0 bridgehead atoms. The highest BCUT2D eigenvalue weighted by Crippen LogP contribution is 2.51. The minimum absolute atomic E-state index is 0.304. The molecule has 6 aliphatic heterocycles. The van der Waals surface area contributed by atoms with E-state index in [0.717, 1.165) is 287 Å². The summed E-state index contributed by atoms with van der Waals surface area (Å²) in [5, 5.41) is 31.7. The molecule has 6 aromatic heterocycles. The Hall–Kier alpha value is -13.8. The molecule has 32 heteroatoms. The normalized spacial score (nSPS) is 17.4. The number of aromatic nitrogens is 10. The van der Waals surface area contributed by atoms with Gasteiger partial charge in [0.05, 0.1) is 84.9 Å². The summed E-state index contributed by atoms with van der Waals surface area (Å²) in [6.07, 6.45) is 11.9. The molecule has 6 saturated heterocycles. The molecule has 688 valence electrons. The molecule has 22 rings (SSSR count). The lowest BCUT2D eigenvalue weighted by Crippen LogP contribution is -2.49. The van der Waals surface area contributed by atoms with Crippen molar-refractivity contribution in [3.05, 3.63) is 227 Å². The zero-order valence-electron chi connectivity index (χ0n) is 76.5. The van der Waals surface area contributed by atoms with E-state index in [1.54, 1.807) is 55.1 Å². The maximum Gasteiger partial charge on any atom is 0.324 e. The molecule has 6 fully saturated rings. The Kier molecular flexibility index (Phi) is 27.7. The van der Waals surface area contributed by atoms with Crippen molar-refractivity contribution in [2.24, 2.45) is 23.3 Å². The highest BCUT2D eigenvalue weighted by molar-refractivity contribution is 5.92. The first-order valence-electron chi connectivity index (χ1n) is 46.8. The average molecular weight is 1800 g/mol. The molecule has 8 N–H and O–H groups in total. The van der Waals surface area contributed by atoms with Gasteiger partial charge in [0.2, 0.25) is 0 Å². The Bertz CT molecular complexity index is 6260. The van der Waals surface area contributed by atoms with Crippen LogP contribution in [0, 0.1) is 34.5 Å². The summed E-state index contributed by atoms with van der Waals surface area (Å²) in [4.78, 5) is 66.7. The number of nitrogens with zero attached hydrogens (tertiary/aromatic N) is 20. The maximum atomic E-state index is 9.29. The summed E-state index contributed by atoms with van der Waals surface area (Å²) in [5.41, 5.74) is 35.6. The molecule has 12 aromatic rings. The SMILES string of the molecule is CNc1cccc2c1Cc1nc(Oc3cccc(C#N)c3)nc(N3CCC(CN)C3)c1-2.CNc1cccc2c1Cc1nc(Oc3cccc(C#N)c3)nc(N3CCN(CCN4CCOCC4)CC3)c1-2.CNc1cccc2c1Cc1nc(Oc3cccnc3)nc(N3CCC(CN)C3)c1-2.CNc1cccc2c1Cc1nc(Oc3cccnc3)nc(N3CCN(CCN4CCOCC4)CC3)c1-2. The molecule has 0 spiro atoms. The first-order valence-corrected chi connectivity index (χ1v) is 46.8. The number of morpholine rings is 2. The first kappa shape index (κ1) is 89.4. The maximum absolute atomic E-state index is 9.29. The van der Waals surface area contributed by atoms with Crippen LogP contribution in [0.5, 0.6) is 47.0 Å². The van der Waals surface area contributed by atoms with Crippen LogP contribution >= 0.6 is 0 Å². The predicted molar refractivity (Wildman–Crippen MR) is 521 cm³/mol. The molecular weight excluding hydrogens is 1690 g/mol. The Balaban J connectivity index is 0.000000116. The second-order valence-electron chi connectivity index (χ2n) is 34.9. The van der Waals surface area contributed by atoms with E-state index in [9.17, 15) is 10.5 Å². The van der Waals surface area contributed by atoms with Crippen molar-refractivity contribution in [1.29, 1.82) is 10.5 Å². The van der Waals surface area contributed by atoms with Gasteiger partial charge in [0.1, 0.15) is 46.3 Å². The third-order valence-corrected chi connectivity index (χ3v) is 26.9. The van der Waals surface area contributed by atoms with E-state index >= 15 is 0 Å². The van der Waals surface area contributed by atoms with E-state index in [2.05, 4.69) is 155 Å². The number of rotatable bonds is 24. The molecular formula is C102H114N26O6. The highest BCUT2D eigenvalue weighted by atomic mass is 16.5. The number of hydrogen-bond donors (Lipinski definition) is 6. The fraction of sp³-hybridized carbons (Fsp3) is 0.373. The van der Waals surface area contributed by atoms with E-state index < -0.39 is 0 Å². The molecule has 0 radical (unpaired) electrons. The van der Waals surface area contributed by atoms with Crippen molar-refractivity contribution in [3.8, 4) is 104 Å². The summed E-state index contributed by atoms with van der Waals surface area (Å²) in [7, 11) is 7.82. The van der Waals surface area contributed by atoms with Gasteiger partial charge in [-0.1, -0.05) is 60.7 Å². The zero-order chi connectivity index (χ0) is 91.4. The fourth-order valence-corrected chi connectivity index (χ4v) is 19.8. The minimum Gasteiger partial charge on any atom is -0.424 e. The molecule has 2 atom stereocenters. The Morgan fingerprint density at radius 1 is 0.351 bits per heavy atom. The van der Waals surface area contributed by atoms with E-state index in [4.69, 9.17) is 79.8 Å². The molecule has 32 nitrogen and oxygen atoms in total. The third kappa shape index (κ3) is 19.8. The Labute approximate surface area is 781 Å². The molecule has 4 aliphatic carbocycles. The molecule has 0 saturated carbocycles. The minimum atomic E-state index is 0.304. The van der Waals surface area contributed by atoms with Crippen LogP contribution in [-0.4, -0.2) is 268 Å². The standard InChI is InChI=1S/C29H33N7O2.C27H33N7O2.C24H24N6O.C22H24N6O/c1-31-25-7-3-6-23-24(25)19-26-27(23)28(33-29(32-26)38-22-5-2-4-21(18-22)20-30)36-12-10-34(11-13-36)8-9-35-14-16-37-17-15-35;1-28-23-6-2-5-21-22(23)18-24-25(21)26(31-27(30-24)36-20-4-3-7-29-19-20)34-12-10-32(11-13-34)8-9-33-14-16-35-17-15-33;1-27-20-7-3-6-18-19(20)11-21-22(18)23(30-9-8-16(13-26)14-30)29-24(28-21)31-17-5-2-4-15(10-17)12-25;1-24-18-6-2-5-16-17(18)10-19-20(16)21(28-9-7-14(11-23)13-28)27-22(26-19)29-15-4-3-8-25-12-15/h2-7,18,31H,8-17,19H2,1H3;2-7,19,28H,8-18H2,1H3;2-7,10,16,27H,8-9,11,13-14,26H2,1H3;2-6,8,12,14,24H,7,9-11,13,23H2,1H3. The van der Waals surface area contributed by atoms with Crippen molar-refractivity contribution in [3.63, 3.8) is 0 Å². The van der Waals surface area contributed by atoms with Crippen molar-refractivity contribution < 1.29 is 28.4 Å². The monoisotopic (exact) mass is 1800 g/mol. The van der Waals surface area contributed by atoms with Crippen LogP contribution in [0.3, 0.4) is 0 Å². The lowest BCUT2D eigenvalue weighted by atomic mass is 10.0. The zero-order valence-corrected chi connectivity index (χ0v) is 76.5. The molecule has 12 heterocycles. The van der Waals surface area contributed by atoms with Gasteiger partial charge in [0.15, 0.2) is 0 Å². The molecule has 2 unspecified atom stereocenters. The van der Waals surface area contributed by atoms with Gasteiger partial charge in [-0.15, -0.1) is 0 Å². The largest absolute Gasteiger partial charge is 0.424 e. The van der Waals surface area contributed by atoms with Crippen LogP contribution < -0.4 is 71.3 Å². The molecule has 10 aliphatic rings. The van der Waals surface area contributed by atoms with Crippen LogP contribution in [-0.2, 0) is 35.2 Å². The number of nitrogens with two attached hydrogens (primary N) is 2. The number of benzene rings is 6. The lowest BCUT2D eigenvalue weighted by Gasteiger charge is -2.37. The molecule has 0 amide bonds. The number of anilines is 8. The van der Waals surface area contributed by atoms with Gasteiger partial charge in [-0.3, -0.25) is 29.6 Å². The topological polar surface area (TPSA) is 358 Å². The summed E-state index contributed by atoms with van der Waals surface area (Å²) in [6, 6.07) is 52.7. The number of nitrogens with one attached hydrogen (secondary N) is 4. The second kappa shape index (κ2) is 41.6. The van der Waals surface area contributed by atoms with Gasteiger partial charge >= 0.3 is 24.0 Å². The quantitative estimate of drug-likeness (QED) is 0.0327. The van der Waals surface area contributed by atoms with E-state index in [1.165, 1.54) is 44.5 Å². The van der Waals surface area contributed by atoms with Gasteiger partial charge in [-0.2, -0.15) is 50.4 Å². The van der Waals surface area contributed by atoms with Gasteiger partial charge < -0.3 is 80.8 Å². The Morgan fingerprint density at radius 2 is 0.649 bits per heavy atom. The second-order valence-corrected chi connectivity index (χ2v) is 34.9. The number of pyridine rings is 2. The number of piperazine rings is 2. The van der Waals surface area contributed by atoms with E-state index in [1.807, 2.05) is 70.7 Å². The van der Waals surface area contributed by atoms with Gasteiger partial charge in [0, 0.05) is 242 Å². The van der Waals surface area contributed by atoms with Crippen molar-refractivity contribution in [2.45, 2.75) is 38.5 Å². The van der Waals surface area contributed by atoms with Crippen LogP contribution in [0.4, 0.5) is 46.0 Å². The van der Waals surface area contributed by atoms with Crippen LogP contribution in [0.25, 0.3) is 44.5 Å². The van der Waals surface area contributed by atoms with E-state index in [0.29, 0.717) is 83.1 Å². The molecule has 6 aromatic carbocycles. The number of hydrogen-bond acceptors (Lipinski definition) is 32. The lowest BCUT2D eigenvalue weighted by molar-refractivity contribution is 0.0330. The van der Waals surface area contributed by atoms with Gasteiger partial charge in [-0.05, 0) is 167 Å². The van der Waals surface area contributed by atoms with Gasteiger partial charge in [0.25, 0.3) is 0 Å². The smallest absolute Gasteiger partial charge is 0.324 e. The first-order chi connectivity index (χ1) is 65.9. The number of fused-ring (bicyclic) bond motifs is 12. The summed E-state index contributed by atoms with van der Waals surface area (Å²) in [5.74, 6) is 7.09. The molecule has 134 heavy (non-hydrogen) atoms. The van der Waals surface area contributed by atoms with Crippen molar-refractivity contribution in [2.75, 3.05) is 239 Å². The number of ether oxygens (including phenoxy) is 6. The van der Waals surface area contributed by atoms with Crippen LogP contribution in [0.15, 0.2) is 170 Å². The van der Waals surface area contributed by atoms with Gasteiger partial charge in [-0.25, -0.2) is 0 Å². The fourth-order valence-electron chi connectivity index (χ4n) is 19.8. The summed E-state index contributed by atoms with van der Waals surface area (Å²) < 4.78 is 35.1. The number of nitriles is 2. The average Bonchev–Trinajstić information content (AvgIpc) is 1.61. The van der Waals surface area contributed by atoms with E-state index in [-0.39, 0.29) is 0 Å². The van der Waals surface area contributed by atoms with Crippen LogP contribution in [0.1, 0.15) is 69.0 Å². The van der Waals surface area contributed by atoms with Crippen molar-refractivity contribution >= 4 is 46.0 Å².